The molecule has 2 aromatic carbocycles. The number of carbonyl (C=O) groups excluding carboxylic acids is 1. The largest absolute Gasteiger partial charge is 0.435 e. The van der Waals surface area contributed by atoms with Crippen LogP contribution >= 0.6 is 0 Å². The first-order valence-corrected chi connectivity index (χ1v) is 12.6. The number of nitrogens with one attached hydrogen (secondary N) is 1. The number of hydrogen-bond acceptors (Lipinski definition) is 4. The molecule has 1 aliphatic rings. The van der Waals surface area contributed by atoms with Gasteiger partial charge in [0.1, 0.15) is 0 Å². The highest BCUT2D eigenvalue weighted by molar-refractivity contribution is 5.74. The fourth-order valence-electron chi connectivity index (χ4n) is 4.33. The number of carbonyl (C=O) groups is 1. The van der Waals surface area contributed by atoms with Crippen molar-refractivity contribution in [2.24, 2.45) is 0 Å². The first-order valence-electron chi connectivity index (χ1n) is 12.6. The van der Waals surface area contributed by atoms with Crippen molar-refractivity contribution < 1.29 is 18.7 Å². The first-order chi connectivity index (χ1) is 17.3. The van der Waals surface area contributed by atoms with Crippen molar-refractivity contribution >= 4 is 6.03 Å². The Balaban J connectivity index is 1.80. The molecule has 1 aliphatic heterocycles. The Labute approximate surface area is 212 Å². The van der Waals surface area contributed by atoms with Crippen molar-refractivity contribution in [2.45, 2.75) is 65.1 Å². The number of urea groups is 1. The Morgan fingerprint density at radius 2 is 1.89 bits per heavy atom. The second-order valence-corrected chi connectivity index (χ2v) is 9.72. The van der Waals surface area contributed by atoms with Crippen molar-refractivity contribution in [3.05, 3.63) is 71.7 Å². The SMILES string of the molecule is CC(C)NC(=O)N(Cc1c(C(C)C)nn(-c2ccccc2)c1Oc1ccccc1F)C[C@@H]1CCCO1. The summed E-state index contributed by atoms with van der Waals surface area (Å²) in [4.78, 5) is 15.0. The minimum absolute atomic E-state index is 0.0183. The van der Waals surface area contributed by atoms with E-state index in [9.17, 15) is 9.18 Å². The standard InChI is InChI=1S/C28H35FN4O3/c1-19(2)26-23(18-32(28(34)30-20(3)4)17-22-13-10-16-35-22)27(36-25-15-9-8-14-24(25)29)33(31-26)21-11-6-5-7-12-21/h5-9,11-12,14-15,19-20,22H,10,13,16-18H2,1-4H3,(H,30,34)/t22-/m0/s1. The van der Waals surface area contributed by atoms with Crippen LogP contribution in [0.25, 0.3) is 5.69 Å². The summed E-state index contributed by atoms with van der Waals surface area (Å²) >= 11 is 0. The fraction of sp³-hybridized carbons (Fsp3) is 0.429. The van der Waals surface area contributed by atoms with Crippen LogP contribution in [0.3, 0.4) is 0 Å². The third-order valence-corrected chi connectivity index (χ3v) is 6.05. The summed E-state index contributed by atoms with van der Waals surface area (Å²) in [6.45, 7) is 9.37. The zero-order chi connectivity index (χ0) is 25.7. The second-order valence-electron chi connectivity index (χ2n) is 9.72. The number of amides is 2. The first kappa shape index (κ1) is 25.7. The number of halogens is 1. The summed E-state index contributed by atoms with van der Waals surface area (Å²) < 4.78 is 28.4. The quantitative estimate of drug-likeness (QED) is 0.395. The predicted octanol–water partition coefficient (Wildman–Crippen LogP) is 6.03. The van der Waals surface area contributed by atoms with Crippen molar-refractivity contribution in [1.29, 1.82) is 0 Å². The Kier molecular flexibility index (Phi) is 8.25. The molecule has 1 atom stereocenters. The molecule has 7 nitrogen and oxygen atoms in total. The Morgan fingerprint density at radius 3 is 2.53 bits per heavy atom. The number of hydrogen-bond donors (Lipinski definition) is 1. The summed E-state index contributed by atoms with van der Waals surface area (Å²) in [5, 5.41) is 7.90. The molecule has 2 amide bonds. The number of nitrogens with zero attached hydrogens (tertiary/aromatic N) is 3. The van der Waals surface area contributed by atoms with Crippen LogP contribution < -0.4 is 10.1 Å². The van der Waals surface area contributed by atoms with Crippen LogP contribution in [0, 0.1) is 5.82 Å². The van der Waals surface area contributed by atoms with Gasteiger partial charge < -0.3 is 19.7 Å². The van der Waals surface area contributed by atoms with Gasteiger partial charge in [0.15, 0.2) is 11.6 Å². The minimum atomic E-state index is -0.468. The normalized spacial score (nSPS) is 15.5. The molecule has 8 heteroatoms. The van der Waals surface area contributed by atoms with Gasteiger partial charge in [0, 0.05) is 19.2 Å². The number of rotatable bonds is 9. The van der Waals surface area contributed by atoms with Crippen molar-refractivity contribution in [3.63, 3.8) is 0 Å². The minimum Gasteiger partial charge on any atom is -0.435 e. The molecule has 0 radical (unpaired) electrons. The zero-order valence-electron chi connectivity index (χ0n) is 21.4. The second kappa shape index (κ2) is 11.6. The monoisotopic (exact) mass is 494 g/mol. The molecule has 2 heterocycles. The third-order valence-electron chi connectivity index (χ3n) is 6.05. The Hall–Kier alpha value is -3.39. The lowest BCUT2D eigenvalue weighted by Gasteiger charge is -2.27. The van der Waals surface area contributed by atoms with E-state index in [0.29, 0.717) is 19.0 Å². The summed E-state index contributed by atoms with van der Waals surface area (Å²) in [5.41, 5.74) is 2.32. The zero-order valence-corrected chi connectivity index (χ0v) is 21.4. The van der Waals surface area contributed by atoms with Crippen molar-refractivity contribution in [2.75, 3.05) is 13.2 Å². The fourth-order valence-corrected chi connectivity index (χ4v) is 4.33. The highest BCUT2D eigenvalue weighted by atomic mass is 19.1. The van der Waals surface area contributed by atoms with Crippen LogP contribution in [-0.2, 0) is 11.3 Å². The number of benzene rings is 2. The van der Waals surface area contributed by atoms with E-state index in [1.807, 2.05) is 58.0 Å². The topological polar surface area (TPSA) is 68.6 Å². The number of ether oxygens (including phenoxy) is 2. The highest BCUT2D eigenvalue weighted by Crippen LogP contribution is 2.35. The molecule has 3 aromatic rings. The summed E-state index contributed by atoms with van der Waals surface area (Å²) in [6, 6.07) is 15.7. The molecule has 1 aromatic heterocycles. The molecular formula is C28H35FN4O3. The molecule has 36 heavy (non-hydrogen) atoms. The van der Waals surface area contributed by atoms with E-state index in [1.54, 1.807) is 27.8 Å². The van der Waals surface area contributed by atoms with Gasteiger partial charge in [0.05, 0.1) is 29.6 Å². The van der Waals surface area contributed by atoms with E-state index in [2.05, 4.69) is 5.32 Å². The maximum Gasteiger partial charge on any atom is 0.317 e. The van der Waals surface area contributed by atoms with Crippen LogP contribution in [0.4, 0.5) is 9.18 Å². The maximum atomic E-state index is 14.7. The van der Waals surface area contributed by atoms with Crippen LogP contribution in [0.5, 0.6) is 11.6 Å². The third kappa shape index (κ3) is 6.05. The molecule has 1 N–H and O–H groups in total. The highest BCUT2D eigenvalue weighted by Gasteiger charge is 2.29. The van der Waals surface area contributed by atoms with E-state index in [1.165, 1.54) is 6.07 Å². The molecule has 1 fully saturated rings. The Bertz CT molecular complexity index is 1160. The number of aromatic nitrogens is 2. The molecule has 192 valence electrons. The maximum absolute atomic E-state index is 14.7. The lowest BCUT2D eigenvalue weighted by molar-refractivity contribution is 0.0788. The van der Waals surface area contributed by atoms with Gasteiger partial charge in [-0.15, -0.1) is 0 Å². The van der Waals surface area contributed by atoms with Gasteiger partial charge in [0.25, 0.3) is 0 Å². The molecule has 0 bridgehead atoms. The van der Waals surface area contributed by atoms with Crippen molar-refractivity contribution in [3.8, 4) is 17.3 Å². The van der Waals surface area contributed by atoms with Gasteiger partial charge in [-0.25, -0.2) is 13.9 Å². The molecule has 1 saturated heterocycles. The molecule has 0 spiro atoms. The van der Waals surface area contributed by atoms with Gasteiger partial charge in [0.2, 0.25) is 5.88 Å². The predicted molar refractivity (Wildman–Crippen MR) is 137 cm³/mol. The summed E-state index contributed by atoms with van der Waals surface area (Å²) in [5.74, 6) is 0.0722. The lowest BCUT2D eigenvalue weighted by Crippen LogP contribution is -2.45. The van der Waals surface area contributed by atoms with Crippen LogP contribution in [-0.4, -0.2) is 46.0 Å². The van der Waals surface area contributed by atoms with Crippen LogP contribution in [0.2, 0.25) is 0 Å². The smallest absolute Gasteiger partial charge is 0.317 e. The van der Waals surface area contributed by atoms with Gasteiger partial charge >= 0.3 is 6.03 Å². The molecule has 0 aliphatic carbocycles. The summed E-state index contributed by atoms with van der Waals surface area (Å²) in [6.07, 6.45) is 1.87. The van der Waals surface area contributed by atoms with E-state index in [-0.39, 0.29) is 36.4 Å². The Morgan fingerprint density at radius 1 is 1.17 bits per heavy atom. The average Bonchev–Trinajstić information content (AvgIpc) is 3.48. The van der Waals surface area contributed by atoms with E-state index in [4.69, 9.17) is 14.6 Å². The van der Waals surface area contributed by atoms with Crippen LogP contribution in [0.15, 0.2) is 54.6 Å². The molecular weight excluding hydrogens is 459 g/mol. The van der Waals surface area contributed by atoms with Gasteiger partial charge in [-0.05, 0) is 56.9 Å². The lowest BCUT2D eigenvalue weighted by atomic mass is 10.1. The van der Waals surface area contributed by atoms with Crippen molar-refractivity contribution in [1.82, 2.24) is 20.0 Å². The summed E-state index contributed by atoms with van der Waals surface area (Å²) in [7, 11) is 0. The van der Waals surface area contributed by atoms with Crippen LogP contribution in [0.1, 0.15) is 57.7 Å². The van der Waals surface area contributed by atoms with Gasteiger partial charge in [-0.1, -0.05) is 44.2 Å². The van der Waals surface area contributed by atoms with E-state index in [0.717, 1.165) is 29.8 Å². The van der Waals surface area contributed by atoms with Gasteiger partial charge in [-0.2, -0.15) is 5.10 Å². The molecule has 4 rings (SSSR count). The van der Waals surface area contributed by atoms with E-state index >= 15 is 0 Å². The molecule has 0 unspecified atom stereocenters. The number of para-hydroxylation sites is 2. The average molecular weight is 495 g/mol. The molecule has 0 saturated carbocycles. The van der Waals surface area contributed by atoms with E-state index < -0.39 is 5.82 Å². The van der Waals surface area contributed by atoms with Gasteiger partial charge in [-0.3, -0.25) is 0 Å².